The van der Waals surface area contributed by atoms with Crippen LogP contribution in [0.1, 0.15) is 61.5 Å². The average molecular weight is 478 g/mol. The number of methoxy groups -OCH3 is 1. The maximum atomic E-state index is 13.7. The molecule has 3 aromatic rings. The van der Waals surface area contributed by atoms with Crippen LogP contribution in [0.2, 0.25) is 0 Å². The number of fused-ring (bicyclic) bond motifs is 1. The smallest absolute Gasteiger partial charge is 0.416 e. The van der Waals surface area contributed by atoms with Crippen LogP contribution in [0.4, 0.5) is 23.2 Å². The van der Waals surface area contributed by atoms with Crippen molar-refractivity contribution < 1.29 is 27.1 Å². The third-order valence-electron chi connectivity index (χ3n) is 6.64. The lowest BCUT2D eigenvalue weighted by Gasteiger charge is -2.30. The fraction of sp³-hybridized carbons (Fsp3) is 0.440. The zero-order valence-electron chi connectivity index (χ0n) is 19.2. The van der Waals surface area contributed by atoms with E-state index in [9.17, 15) is 22.4 Å². The molecular formula is C25H27F4N3O2. The van der Waals surface area contributed by atoms with Crippen LogP contribution in [0.5, 0.6) is 5.75 Å². The highest BCUT2D eigenvalue weighted by molar-refractivity contribution is 6.06. The molecule has 2 aromatic carbocycles. The zero-order chi connectivity index (χ0) is 24.6. The zero-order valence-corrected chi connectivity index (χ0v) is 19.2. The lowest BCUT2D eigenvalue weighted by Crippen LogP contribution is -2.21. The van der Waals surface area contributed by atoms with E-state index in [0.29, 0.717) is 35.4 Å². The van der Waals surface area contributed by atoms with Crippen molar-refractivity contribution in [1.82, 2.24) is 9.78 Å². The fourth-order valence-corrected chi connectivity index (χ4v) is 4.64. The van der Waals surface area contributed by atoms with Gasteiger partial charge in [-0.05, 0) is 61.8 Å². The summed E-state index contributed by atoms with van der Waals surface area (Å²) < 4.78 is 60.1. The molecule has 5 nitrogen and oxygen atoms in total. The number of aromatic nitrogens is 2. The predicted molar refractivity (Wildman–Crippen MR) is 121 cm³/mol. The van der Waals surface area contributed by atoms with Crippen LogP contribution in [0.3, 0.4) is 0 Å². The van der Waals surface area contributed by atoms with E-state index in [1.54, 1.807) is 12.1 Å². The summed E-state index contributed by atoms with van der Waals surface area (Å²) >= 11 is 0. The second-order valence-electron chi connectivity index (χ2n) is 9.21. The topological polar surface area (TPSA) is 56.1 Å². The highest BCUT2D eigenvalue weighted by Gasteiger charge is 2.32. The van der Waals surface area contributed by atoms with Crippen molar-refractivity contribution in [1.29, 1.82) is 0 Å². The number of halogens is 4. The van der Waals surface area contributed by atoms with E-state index in [4.69, 9.17) is 9.84 Å². The number of carbonyl (C=O) groups is 1. The minimum Gasteiger partial charge on any atom is -0.494 e. The van der Waals surface area contributed by atoms with Gasteiger partial charge in [0.2, 0.25) is 0 Å². The summed E-state index contributed by atoms with van der Waals surface area (Å²) in [7, 11) is 1.42. The third kappa shape index (κ3) is 5.03. The van der Waals surface area contributed by atoms with Gasteiger partial charge in [0, 0.05) is 23.2 Å². The Morgan fingerprint density at radius 2 is 1.82 bits per heavy atom. The molecule has 1 aliphatic carbocycles. The molecular weight excluding hydrogens is 450 g/mol. The first kappa shape index (κ1) is 24.0. The first-order valence-electron chi connectivity index (χ1n) is 11.3. The van der Waals surface area contributed by atoms with Gasteiger partial charge in [-0.1, -0.05) is 13.8 Å². The molecule has 0 spiro atoms. The van der Waals surface area contributed by atoms with Gasteiger partial charge < -0.3 is 10.1 Å². The molecule has 0 radical (unpaired) electrons. The van der Waals surface area contributed by atoms with E-state index >= 15 is 0 Å². The molecule has 1 amide bonds. The number of nitrogens with zero attached hydrogens (tertiary/aromatic N) is 2. The Morgan fingerprint density at radius 3 is 2.44 bits per heavy atom. The summed E-state index contributed by atoms with van der Waals surface area (Å²) in [6.07, 6.45) is 1.52. The monoisotopic (exact) mass is 477 g/mol. The van der Waals surface area contributed by atoms with Gasteiger partial charge >= 0.3 is 6.18 Å². The Kier molecular flexibility index (Phi) is 6.55. The van der Waals surface area contributed by atoms with Gasteiger partial charge in [0.15, 0.2) is 0 Å². The minimum absolute atomic E-state index is 0.265. The van der Waals surface area contributed by atoms with Gasteiger partial charge in [-0.15, -0.1) is 0 Å². The van der Waals surface area contributed by atoms with E-state index in [-0.39, 0.29) is 5.69 Å². The van der Waals surface area contributed by atoms with Crippen molar-refractivity contribution in [3.63, 3.8) is 0 Å². The van der Waals surface area contributed by atoms with E-state index < -0.39 is 29.0 Å². The summed E-state index contributed by atoms with van der Waals surface area (Å²) in [5.41, 5.74) is -0.715. The summed E-state index contributed by atoms with van der Waals surface area (Å²) in [6.45, 7) is 4.51. The quantitative estimate of drug-likeness (QED) is 0.409. The van der Waals surface area contributed by atoms with Crippen molar-refractivity contribution in [2.75, 3.05) is 12.4 Å². The van der Waals surface area contributed by atoms with Crippen LogP contribution >= 0.6 is 0 Å². The molecule has 0 unspecified atom stereocenters. The number of ether oxygens (including phenoxy) is 1. The van der Waals surface area contributed by atoms with Gasteiger partial charge in [-0.25, -0.2) is 4.39 Å². The van der Waals surface area contributed by atoms with Gasteiger partial charge in [0.1, 0.15) is 11.6 Å². The number of rotatable bonds is 5. The van der Waals surface area contributed by atoms with Crippen LogP contribution in [-0.4, -0.2) is 22.8 Å². The molecule has 0 aliphatic heterocycles. The largest absolute Gasteiger partial charge is 0.494 e. The SMILES string of the molecule is COc1cc2nn(C3CCC(C(C)C)CC3)cc2cc1NC(=O)c1cc(F)cc(C(F)(F)F)c1. The summed E-state index contributed by atoms with van der Waals surface area (Å²) in [5, 5.41) is 8.00. The highest BCUT2D eigenvalue weighted by Crippen LogP contribution is 2.37. The molecule has 1 aromatic heterocycles. The molecule has 1 N–H and O–H groups in total. The molecule has 1 saturated carbocycles. The Hall–Kier alpha value is -3.10. The number of nitrogens with one attached hydrogen (secondary N) is 1. The van der Waals surface area contributed by atoms with Crippen LogP contribution in [0, 0.1) is 17.7 Å². The Labute approximate surface area is 195 Å². The van der Waals surface area contributed by atoms with Crippen molar-refractivity contribution in [3.05, 3.63) is 53.5 Å². The number of hydrogen-bond acceptors (Lipinski definition) is 3. The molecule has 4 rings (SSSR count). The summed E-state index contributed by atoms with van der Waals surface area (Å²) in [5.74, 6) is -0.317. The third-order valence-corrected chi connectivity index (χ3v) is 6.64. The van der Waals surface area contributed by atoms with Crippen LogP contribution in [0.15, 0.2) is 36.5 Å². The van der Waals surface area contributed by atoms with Crippen molar-refractivity contribution in [2.24, 2.45) is 11.8 Å². The first-order chi connectivity index (χ1) is 16.0. The molecule has 1 heterocycles. The van der Waals surface area contributed by atoms with E-state index in [0.717, 1.165) is 43.1 Å². The molecule has 182 valence electrons. The average Bonchev–Trinajstić information content (AvgIpc) is 3.20. The molecule has 0 atom stereocenters. The Bertz CT molecular complexity index is 1190. The number of amides is 1. The number of alkyl halides is 3. The summed E-state index contributed by atoms with van der Waals surface area (Å²) in [4.78, 5) is 12.7. The number of benzene rings is 2. The van der Waals surface area contributed by atoms with Crippen LogP contribution in [0.25, 0.3) is 10.9 Å². The Balaban J connectivity index is 1.58. The van der Waals surface area contributed by atoms with Crippen LogP contribution in [-0.2, 0) is 6.18 Å². The fourth-order valence-electron chi connectivity index (χ4n) is 4.64. The second kappa shape index (κ2) is 9.27. The lowest BCUT2D eigenvalue weighted by atomic mass is 9.80. The maximum Gasteiger partial charge on any atom is 0.416 e. The molecule has 1 fully saturated rings. The number of hydrogen-bond donors (Lipinski definition) is 1. The van der Waals surface area contributed by atoms with E-state index in [1.165, 1.54) is 7.11 Å². The van der Waals surface area contributed by atoms with Crippen molar-refractivity contribution in [2.45, 2.75) is 51.7 Å². The van der Waals surface area contributed by atoms with Crippen molar-refractivity contribution in [3.8, 4) is 5.75 Å². The maximum absolute atomic E-state index is 13.7. The molecule has 9 heteroatoms. The lowest BCUT2D eigenvalue weighted by molar-refractivity contribution is -0.137. The minimum atomic E-state index is -4.77. The van der Waals surface area contributed by atoms with Gasteiger partial charge in [-0.2, -0.15) is 18.3 Å². The predicted octanol–water partition coefficient (Wildman–Crippen LogP) is 6.84. The number of anilines is 1. The van der Waals surface area contributed by atoms with Gasteiger partial charge in [0.25, 0.3) is 5.91 Å². The van der Waals surface area contributed by atoms with Crippen LogP contribution < -0.4 is 10.1 Å². The normalized spacial score (nSPS) is 18.9. The number of carbonyl (C=O) groups excluding carboxylic acids is 1. The molecule has 0 saturated heterocycles. The van der Waals surface area contributed by atoms with Crippen molar-refractivity contribution >= 4 is 22.5 Å². The highest BCUT2D eigenvalue weighted by atomic mass is 19.4. The van der Waals surface area contributed by atoms with Gasteiger partial charge in [0.05, 0.1) is 29.9 Å². The molecule has 34 heavy (non-hydrogen) atoms. The van der Waals surface area contributed by atoms with E-state index in [1.807, 2.05) is 10.9 Å². The molecule has 1 aliphatic rings. The standard InChI is InChI=1S/C25H27F4N3O2/c1-14(2)15-4-6-20(7-5-15)32-13-17-10-22(23(34-3)12-21(17)31-32)30-24(33)16-8-18(25(27,28)29)11-19(26)9-16/h8-15,20H,4-7H2,1-3H3,(H,30,33). The second-order valence-corrected chi connectivity index (χ2v) is 9.21. The Morgan fingerprint density at radius 1 is 1.12 bits per heavy atom. The van der Waals surface area contributed by atoms with Gasteiger partial charge in [-0.3, -0.25) is 9.48 Å². The molecule has 0 bridgehead atoms. The first-order valence-corrected chi connectivity index (χ1v) is 11.3. The summed E-state index contributed by atoms with van der Waals surface area (Å²) in [6, 6.07) is 5.37. The van der Waals surface area contributed by atoms with E-state index in [2.05, 4.69) is 19.2 Å².